The van der Waals surface area contributed by atoms with Gasteiger partial charge in [-0.3, -0.25) is 0 Å². The lowest BCUT2D eigenvalue weighted by molar-refractivity contribution is 0.546. The van der Waals surface area contributed by atoms with Crippen LogP contribution in [0.25, 0.3) is 0 Å². The highest BCUT2D eigenvalue weighted by atomic mass is 15.1. The topological polar surface area (TPSA) is 15.3 Å². The molecule has 106 valence electrons. The number of rotatable bonds is 5. The van der Waals surface area contributed by atoms with Gasteiger partial charge < -0.3 is 10.2 Å². The Kier molecular flexibility index (Phi) is 4.67. The molecular formula is C18H24N2. The minimum Gasteiger partial charge on any atom is -0.378 e. The second kappa shape index (κ2) is 6.47. The maximum absolute atomic E-state index is 3.66. The van der Waals surface area contributed by atoms with Gasteiger partial charge in [-0.05, 0) is 29.7 Å². The van der Waals surface area contributed by atoms with Crippen LogP contribution >= 0.6 is 0 Å². The molecule has 1 N–H and O–H groups in total. The van der Waals surface area contributed by atoms with Crippen LogP contribution in [0, 0.1) is 5.92 Å². The summed E-state index contributed by atoms with van der Waals surface area (Å²) in [4.78, 5) is 2.12. The smallest absolute Gasteiger partial charge is 0.0536 e. The molecule has 2 aromatic rings. The van der Waals surface area contributed by atoms with Crippen LogP contribution in [-0.4, -0.2) is 14.1 Å². The molecule has 2 aromatic carbocycles. The van der Waals surface area contributed by atoms with E-state index in [1.54, 1.807) is 0 Å². The van der Waals surface area contributed by atoms with Crippen LogP contribution in [0.5, 0.6) is 0 Å². The van der Waals surface area contributed by atoms with Crippen LogP contribution < -0.4 is 10.2 Å². The summed E-state index contributed by atoms with van der Waals surface area (Å²) in [6.07, 6.45) is 0. The van der Waals surface area contributed by atoms with Crippen molar-refractivity contribution < 1.29 is 0 Å². The Morgan fingerprint density at radius 1 is 0.900 bits per heavy atom. The Balaban J connectivity index is 2.23. The summed E-state index contributed by atoms with van der Waals surface area (Å²) in [6, 6.07) is 19.5. The first kappa shape index (κ1) is 14.4. The van der Waals surface area contributed by atoms with E-state index in [9.17, 15) is 0 Å². The van der Waals surface area contributed by atoms with E-state index in [4.69, 9.17) is 0 Å². The fourth-order valence-electron chi connectivity index (χ4n) is 2.35. The van der Waals surface area contributed by atoms with E-state index in [-0.39, 0.29) is 0 Å². The molecule has 1 atom stereocenters. The Morgan fingerprint density at radius 2 is 1.60 bits per heavy atom. The molecule has 2 heteroatoms. The maximum atomic E-state index is 3.66. The van der Waals surface area contributed by atoms with Crippen molar-refractivity contribution in [1.29, 1.82) is 0 Å². The molecule has 0 aliphatic rings. The zero-order valence-electron chi connectivity index (χ0n) is 12.8. The Labute approximate surface area is 122 Å². The van der Waals surface area contributed by atoms with E-state index in [2.05, 4.69) is 92.8 Å². The van der Waals surface area contributed by atoms with Gasteiger partial charge in [-0.15, -0.1) is 0 Å². The lowest BCUT2D eigenvalue weighted by atomic mass is 9.96. The van der Waals surface area contributed by atoms with Crippen molar-refractivity contribution in [2.24, 2.45) is 5.92 Å². The molecule has 0 aliphatic heterocycles. The molecule has 0 aromatic heterocycles. The minimum absolute atomic E-state index is 0.327. The molecule has 0 spiro atoms. The number of nitrogens with zero attached hydrogens (tertiary/aromatic N) is 1. The van der Waals surface area contributed by atoms with Gasteiger partial charge >= 0.3 is 0 Å². The van der Waals surface area contributed by atoms with Crippen LogP contribution in [0.15, 0.2) is 54.6 Å². The van der Waals surface area contributed by atoms with E-state index in [0.29, 0.717) is 12.0 Å². The third-order valence-corrected chi connectivity index (χ3v) is 3.51. The first-order valence-corrected chi connectivity index (χ1v) is 7.17. The van der Waals surface area contributed by atoms with E-state index in [0.717, 1.165) is 0 Å². The molecule has 0 bridgehead atoms. The van der Waals surface area contributed by atoms with Crippen molar-refractivity contribution in [3.63, 3.8) is 0 Å². The Morgan fingerprint density at radius 3 is 2.20 bits per heavy atom. The van der Waals surface area contributed by atoms with Crippen molar-refractivity contribution in [3.8, 4) is 0 Å². The zero-order chi connectivity index (χ0) is 14.5. The maximum Gasteiger partial charge on any atom is 0.0536 e. The SMILES string of the molecule is CC(C)C(Nc1cccc(N(C)C)c1)c1ccccc1. The molecule has 2 nitrogen and oxygen atoms in total. The van der Waals surface area contributed by atoms with Crippen LogP contribution in [0.2, 0.25) is 0 Å². The highest BCUT2D eigenvalue weighted by molar-refractivity contribution is 5.58. The third kappa shape index (κ3) is 3.53. The Hall–Kier alpha value is -1.96. The average Bonchev–Trinajstić information content (AvgIpc) is 2.45. The highest BCUT2D eigenvalue weighted by Crippen LogP contribution is 2.27. The van der Waals surface area contributed by atoms with Crippen LogP contribution in [0.3, 0.4) is 0 Å². The number of hydrogen-bond acceptors (Lipinski definition) is 2. The summed E-state index contributed by atoms with van der Waals surface area (Å²) in [5, 5.41) is 3.66. The number of hydrogen-bond donors (Lipinski definition) is 1. The van der Waals surface area contributed by atoms with Crippen molar-refractivity contribution >= 4 is 11.4 Å². The fourth-order valence-corrected chi connectivity index (χ4v) is 2.35. The monoisotopic (exact) mass is 268 g/mol. The molecule has 20 heavy (non-hydrogen) atoms. The first-order valence-electron chi connectivity index (χ1n) is 7.17. The summed E-state index contributed by atoms with van der Waals surface area (Å²) in [5.74, 6) is 0.528. The predicted molar refractivity (Wildman–Crippen MR) is 88.4 cm³/mol. The molecule has 0 amide bonds. The first-order chi connectivity index (χ1) is 9.58. The summed E-state index contributed by atoms with van der Waals surface area (Å²) in [5.41, 5.74) is 3.71. The predicted octanol–water partition coefficient (Wildman–Crippen LogP) is 4.56. The van der Waals surface area contributed by atoms with E-state index in [1.807, 2.05) is 0 Å². The quantitative estimate of drug-likeness (QED) is 0.855. The summed E-state index contributed by atoms with van der Waals surface area (Å²) in [6.45, 7) is 4.50. The van der Waals surface area contributed by atoms with Crippen molar-refractivity contribution in [2.45, 2.75) is 19.9 Å². The van der Waals surface area contributed by atoms with Gasteiger partial charge in [-0.2, -0.15) is 0 Å². The van der Waals surface area contributed by atoms with Crippen molar-refractivity contribution in [1.82, 2.24) is 0 Å². The molecule has 0 radical (unpaired) electrons. The van der Waals surface area contributed by atoms with Gasteiger partial charge in [-0.1, -0.05) is 50.2 Å². The lowest BCUT2D eigenvalue weighted by Crippen LogP contribution is -2.17. The van der Waals surface area contributed by atoms with E-state index >= 15 is 0 Å². The van der Waals surface area contributed by atoms with Crippen molar-refractivity contribution in [3.05, 3.63) is 60.2 Å². The molecule has 1 unspecified atom stereocenters. The largest absolute Gasteiger partial charge is 0.378 e. The molecule has 2 rings (SSSR count). The van der Waals surface area contributed by atoms with Gasteiger partial charge in [0.25, 0.3) is 0 Å². The van der Waals surface area contributed by atoms with Gasteiger partial charge in [0.2, 0.25) is 0 Å². The van der Waals surface area contributed by atoms with E-state index in [1.165, 1.54) is 16.9 Å². The third-order valence-electron chi connectivity index (χ3n) is 3.51. The van der Waals surface area contributed by atoms with E-state index < -0.39 is 0 Å². The van der Waals surface area contributed by atoms with Crippen LogP contribution in [0.1, 0.15) is 25.5 Å². The second-order valence-corrected chi connectivity index (χ2v) is 5.72. The molecule has 0 heterocycles. The van der Waals surface area contributed by atoms with Crippen LogP contribution in [-0.2, 0) is 0 Å². The average molecular weight is 268 g/mol. The van der Waals surface area contributed by atoms with Crippen molar-refractivity contribution in [2.75, 3.05) is 24.3 Å². The van der Waals surface area contributed by atoms with Gasteiger partial charge in [0.05, 0.1) is 6.04 Å². The minimum atomic E-state index is 0.327. The highest BCUT2D eigenvalue weighted by Gasteiger charge is 2.15. The van der Waals surface area contributed by atoms with Gasteiger partial charge in [0.1, 0.15) is 0 Å². The van der Waals surface area contributed by atoms with Crippen LogP contribution in [0.4, 0.5) is 11.4 Å². The molecule has 0 saturated heterocycles. The summed E-state index contributed by atoms with van der Waals surface area (Å²) in [7, 11) is 4.13. The Bertz CT molecular complexity index is 532. The summed E-state index contributed by atoms with van der Waals surface area (Å²) < 4.78 is 0. The number of anilines is 2. The van der Waals surface area contributed by atoms with Gasteiger partial charge in [0, 0.05) is 25.5 Å². The molecular weight excluding hydrogens is 244 g/mol. The summed E-state index contributed by atoms with van der Waals surface area (Å²) >= 11 is 0. The normalized spacial score (nSPS) is 12.2. The molecule has 0 fully saturated rings. The molecule has 0 aliphatic carbocycles. The second-order valence-electron chi connectivity index (χ2n) is 5.72. The molecule has 0 saturated carbocycles. The standard InChI is InChI=1S/C18H24N2/c1-14(2)18(15-9-6-5-7-10-15)19-16-11-8-12-17(13-16)20(3)4/h5-14,18-19H,1-4H3. The number of nitrogens with one attached hydrogen (secondary N) is 1. The van der Waals surface area contributed by atoms with Gasteiger partial charge in [0.15, 0.2) is 0 Å². The zero-order valence-corrected chi connectivity index (χ0v) is 12.8. The fraction of sp³-hybridized carbons (Fsp3) is 0.333. The van der Waals surface area contributed by atoms with Gasteiger partial charge in [-0.25, -0.2) is 0 Å². The lowest BCUT2D eigenvalue weighted by Gasteiger charge is -2.25. The number of benzene rings is 2.